The van der Waals surface area contributed by atoms with Crippen molar-refractivity contribution in [3.05, 3.63) is 64.7 Å². The number of halogens is 1. The third-order valence-electron chi connectivity index (χ3n) is 4.02. The number of thioether (sulfide) groups is 1. The third kappa shape index (κ3) is 3.61. The fourth-order valence-corrected chi connectivity index (χ4v) is 3.43. The first-order valence-corrected chi connectivity index (χ1v) is 9.73. The van der Waals surface area contributed by atoms with Gasteiger partial charge in [-0.3, -0.25) is 14.5 Å². The second-order valence-corrected chi connectivity index (χ2v) is 7.12. The molecule has 0 aromatic heterocycles. The van der Waals surface area contributed by atoms with Crippen molar-refractivity contribution in [3.63, 3.8) is 0 Å². The van der Waals surface area contributed by atoms with Crippen LogP contribution in [0.25, 0.3) is 0 Å². The summed E-state index contributed by atoms with van der Waals surface area (Å²) in [6, 6.07) is 12.0. The van der Waals surface area contributed by atoms with Gasteiger partial charge in [0.15, 0.2) is 0 Å². The highest BCUT2D eigenvalue weighted by molar-refractivity contribution is 7.98. The van der Waals surface area contributed by atoms with Crippen LogP contribution in [0, 0.1) is 0 Å². The van der Waals surface area contributed by atoms with E-state index >= 15 is 0 Å². The zero-order valence-electron chi connectivity index (χ0n) is 14.0. The molecule has 1 atom stereocenters. The number of benzene rings is 2. The van der Waals surface area contributed by atoms with E-state index in [1.165, 1.54) is 17.8 Å². The Balaban J connectivity index is 1.88. The number of carbonyl (C=O) groups excluding carboxylic acids is 3. The van der Waals surface area contributed by atoms with Crippen LogP contribution < -0.4 is 4.74 Å². The molecule has 0 saturated carbocycles. The normalized spacial score (nSPS) is 14.3. The highest BCUT2D eigenvalue weighted by atomic mass is 35.5. The highest BCUT2D eigenvalue weighted by Gasteiger charge is 2.43. The maximum Gasteiger partial charge on any atom is 0.334 e. The molecular formula is C19H16ClNO4S. The molecule has 0 fully saturated rings. The van der Waals surface area contributed by atoms with Crippen molar-refractivity contribution in [2.75, 3.05) is 12.0 Å². The van der Waals surface area contributed by atoms with Gasteiger partial charge in [-0.05, 0) is 48.8 Å². The summed E-state index contributed by atoms with van der Waals surface area (Å²) in [6.07, 6.45) is 2.20. The van der Waals surface area contributed by atoms with Crippen molar-refractivity contribution in [2.24, 2.45) is 0 Å². The van der Waals surface area contributed by atoms with Crippen LogP contribution in [0.5, 0.6) is 5.75 Å². The standard InChI is InChI=1S/C19H16ClNO4S/c1-26-10-9-16(19(24)25-13-6-4-5-12(20)11-13)21-17(22)14-7-2-3-8-15(14)18(21)23/h2-8,11,16H,9-10H2,1H3/t16-/m0/s1. The van der Waals surface area contributed by atoms with Crippen molar-refractivity contribution in [2.45, 2.75) is 12.5 Å². The maximum absolute atomic E-state index is 12.7. The summed E-state index contributed by atoms with van der Waals surface area (Å²) in [5, 5.41) is 0.427. The van der Waals surface area contributed by atoms with E-state index in [1.54, 1.807) is 42.5 Å². The molecule has 0 saturated heterocycles. The lowest BCUT2D eigenvalue weighted by atomic mass is 10.1. The Morgan fingerprint density at radius 1 is 1.12 bits per heavy atom. The lowest BCUT2D eigenvalue weighted by Gasteiger charge is -2.24. The fraction of sp³-hybridized carbons (Fsp3) is 0.211. The smallest absolute Gasteiger partial charge is 0.334 e. The first kappa shape index (κ1) is 18.5. The van der Waals surface area contributed by atoms with E-state index in [0.29, 0.717) is 28.3 Å². The number of carbonyl (C=O) groups is 3. The van der Waals surface area contributed by atoms with Crippen LogP contribution >= 0.6 is 23.4 Å². The van der Waals surface area contributed by atoms with Crippen LogP contribution in [0.1, 0.15) is 27.1 Å². The molecule has 26 heavy (non-hydrogen) atoms. The van der Waals surface area contributed by atoms with Crippen LogP contribution in [0.3, 0.4) is 0 Å². The summed E-state index contributed by atoms with van der Waals surface area (Å²) in [5.41, 5.74) is 0.615. The monoisotopic (exact) mass is 389 g/mol. The van der Waals surface area contributed by atoms with Crippen molar-refractivity contribution in [1.82, 2.24) is 4.90 Å². The number of hydrogen-bond donors (Lipinski definition) is 0. The molecule has 0 N–H and O–H groups in total. The predicted octanol–water partition coefficient (Wildman–Crippen LogP) is 3.66. The molecule has 1 aliphatic heterocycles. The summed E-state index contributed by atoms with van der Waals surface area (Å²) in [5.74, 6) is -0.730. The topological polar surface area (TPSA) is 63.7 Å². The van der Waals surface area contributed by atoms with Gasteiger partial charge < -0.3 is 4.74 Å². The molecule has 0 radical (unpaired) electrons. The van der Waals surface area contributed by atoms with Crippen molar-refractivity contribution < 1.29 is 19.1 Å². The van der Waals surface area contributed by atoms with Crippen molar-refractivity contribution in [1.29, 1.82) is 0 Å². The van der Waals surface area contributed by atoms with E-state index < -0.39 is 23.8 Å². The number of imide groups is 1. The van der Waals surface area contributed by atoms with Gasteiger partial charge in [-0.1, -0.05) is 29.8 Å². The van der Waals surface area contributed by atoms with Crippen LogP contribution in [0.2, 0.25) is 5.02 Å². The molecule has 0 bridgehead atoms. The van der Waals surface area contributed by atoms with E-state index in [4.69, 9.17) is 16.3 Å². The second kappa shape index (κ2) is 7.93. The minimum Gasteiger partial charge on any atom is -0.425 e. The van der Waals surface area contributed by atoms with Gasteiger partial charge in [-0.25, -0.2) is 4.79 Å². The second-order valence-electron chi connectivity index (χ2n) is 5.70. The quantitative estimate of drug-likeness (QED) is 0.428. The molecule has 7 heteroatoms. The van der Waals surface area contributed by atoms with E-state index in [2.05, 4.69) is 0 Å². The Kier molecular flexibility index (Phi) is 5.64. The van der Waals surface area contributed by atoms with Crippen LogP contribution in [0.15, 0.2) is 48.5 Å². The first-order chi connectivity index (χ1) is 12.5. The minimum absolute atomic E-state index is 0.272. The van der Waals surface area contributed by atoms with Gasteiger partial charge in [0.2, 0.25) is 0 Å². The lowest BCUT2D eigenvalue weighted by Crippen LogP contribution is -2.47. The molecule has 2 amide bonds. The molecule has 2 aromatic carbocycles. The van der Waals surface area contributed by atoms with Crippen LogP contribution in [-0.4, -0.2) is 40.7 Å². The van der Waals surface area contributed by atoms with E-state index in [9.17, 15) is 14.4 Å². The SMILES string of the molecule is CSCC[C@@H](C(=O)Oc1cccc(Cl)c1)N1C(=O)c2ccccc2C1=O. The van der Waals surface area contributed by atoms with Gasteiger partial charge in [0.05, 0.1) is 11.1 Å². The predicted molar refractivity (Wildman–Crippen MR) is 101 cm³/mol. The third-order valence-corrected chi connectivity index (χ3v) is 4.90. The summed E-state index contributed by atoms with van der Waals surface area (Å²) >= 11 is 7.44. The van der Waals surface area contributed by atoms with Gasteiger partial charge in [0, 0.05) is 5.02 Å². The van der Waals surface area contributed by atoms with Gasteiger partial charge in [-0.2, -0.15) is 11.8 Å². The maximum atomic E-state index is 12.7. The Bertz CT molecular complexity index is 835. The first-order valence-electron chi connectivity index (χ1n) is 7.96. The fourth-order valence-electron chi connectivity index (χ4n) is 2.79. The van der Waals surface area contributed by atoms with Crippen molar-refractivity contribution >= 4 is 41.1 Å². The Hall–Kier alpha value is -2.31. The molecular weight excluding hydrogens is 374 g/mol. The average molecular weight is 390 g/mol. The minimum atomic E-state index is -0.992. The molecule has 2 aromatic rings. The Morgan fingerprint density at radius 2 is 1.77 bits per heavy atom. The molecule has 3 rings (SSSR count). The number of fused-ring (bicyclic) bond motifs is 1. The molecule has 0 aliphatic carbocycles. The number of ether oxygens (including phenoxy) is 1. The molecule has 1 heterocycles. The molecule has 0 unspecified atom stereocenters. The largest absolute Gasteiger partial charge is 0.425 e. The zero-order chi connectivity index (χ0) is 18.7. The van der Waals surface area contributed by atoms with E-state index in [-0.39, 0.29) is 5.75 Å². The summed E-state index contributed by atoms with van der Waals surface area (Å²) < 4.78 is 5.38. The average Bonchev–Trinajstić information content (AvgIpc) is 2.87. The number of amides is 2. The summed E-state index contributed by atoms with van der Waals surface area (Å²) in [4.78, 5) is 39.1. The number of hydrogen-bond acceptors (Lipinski definition) is 5. The molecule has 134 valence electrons. The van der Waals surface area contributed by atoms with Crippen LogP contribution in [0.4, 0.5) is 0 Å². The van der Waals surface area contributed by atoms with E-state index in [0.717, 1.165) is 4.90 Å². The molecule has 1 aliphatic rings. The number of esters is 1. The molecule has 0 spiro atoms. The van der Waals surface area contributed by atoms with E-state index in [1.807, 2.05) is 6.26 Å². The molecule has 5 nitrogen and oxygen atoms in total. The number of rotatable bonds is 6. The van der Waals surface area contributed by atoms with Gasteiger partial charge >= 0.3 is 5.97 Å². The number of nitrogens with zero attached hydrogens (tertiary/aromatic N) is 1. The summed E-state index contributed by atoms with van der Waals surface area (Å²) in [7, 11) is 0. The highest BCUT2D eigenvalue weighted by Crippen LogP contribution is 2.27. The summed E-state index contributed by atoms with van der Waals surface area (Å²) in [6.45, 7) is 0. The Labute approximate surface area is 160 Å². The Morgan fingerprint density at radius 3 is 2.35 bits per heavy atom. The van der Waals surface area contributed by atoms with Gasteiger partial charge in [0.1, 0.15) is 11.8 Å². The van der Waals surface area contributed by atoms with Crippen molar-refractivity contribution in [3.8, 4) is 5.75 Å². The van der Waals surface area contributed by atoms with Gasteiger partial charge in [0.25, 0.3) is 11.8 Å². The zero-order valence-corrected chi connectivity index (χ0v) is 15.5. The lowest BCUT2D eigenvalue weighted by molar-refractivity contribution is -0.138. The van der Waals surface area contributed by atoms with Crippen LogP contribution in [-0.2, 0) is 4.79 Å². The van der Waals surface area contributed by atoms with Gasteiger partial charge in [-0.15, -0.1) is 0 Å².